The van der Waals surface area contributed by atoms with Crippen LogP contribution in [0.1, 0.15) is 11.1 Å². The van der Waals surface area contributed by atoms with Gasteiger partial charge in [0.05, 0.1) is 0 Å². The van der Waals surface area contributed by atoms with E-state index in [1.807, 2.05) is 30.3 Å². The van der Waals surface area contributed by atoms with Crippen LogP contribution < -0.4 is 5.73 Å². The van der Waals surface area contributed by atoms with E-state index in [1.54, 1.807) is 0 Å². The van der Waals surface area contributed by atoms with Crippen molar-refractivity contribution in [3.05, 3.63) is 65.7 Å². The molecule has 25 heavy (non-hydrogen) atoms. The Kier molecular flexibility index (Phi) is 7.81. The van der Waals surface area contributed by atoms with Crippen LogP contribution in [0, 0.1) is 0 Å². The van der Waals surface area contributed by atoms with Crippen molar-refractivity contribution in [3.63, 3.8) is 0 Å². The van der Waals surface area contributed by atoms with Crippen LogP contribution in [-0.4, -0.2) is 39.1 Å². The molecule has 0 aliphatic heterocycles. The fourth-order valence-corrected chi connectivity index (χ4v) is 1.83. The van der Waals surface area contributed by atoms with E-state index < -0.39 is 23.8 Å². The number of hydrogen-bond acceptors (Lipinski definition) is 5. The van der Waals surface area contributed by atoms with Crippen LogP contribution in [0.2, 0.25) is 0 Å². The van der Waals surface area contributed by atoms with E-state index in [2.05, 4.69) is 0 Å². The lowest BCUT2D eigenvalue weighted by Gasteiger charge is -2.04. The largest absolute Gasteiger partial charge is 0.508 e. The minimum absolute atomic E-state index is 0.0894. The fourth-order valence-electron chi connectivity index (χ4n) is 1.83. The molecule has 132 valence electrons. The Bertz CT molecular complexity index is 712. The van der Waals surface area contributed by atoms with Crippen LogP contribution in [0.5, 0.6) is 5.75 Å². The molecule has 0 amide bonds. The third kappa shape index (κ3) is 7.76. The zero-order valence-corrected chi connectivity index (χ0v) is 13.3. The summed E-state index contributed by atoms with van der Waals surface area (Å²) in [4.78, 5) is 31.3. The van der Waals surface area contributed by atoms with Crippen molar-refractivity contribution < 1.29 is 29.7 Å². The van der Waals surface area contributed by atoms with Gasteiger partial charge < -0.3 is 21.1 Å². The molecule has 0 fully saturated rings. The molecular formula is C18H19NO6. The van der Waals surface area contributed by atoms with Crippen molar-refractivity contribution in [2.24, 2.45) is 5.73 Å². The van der Waals surface area contributed by atoms with E-state index in [1.165, 1.54) is 24.3 Å². The molecule has 0 aliphatic rings. The van der Waals surface area contributed by atoms with Gasteiger partial charge >= 0.3 is 11.9 Å². The fraction of sp³-hybridized carbons (Fsp3) is 0.167. The van der Waals surface area contributed by atoms with Gasteiger partial charge in [0, 0.05) is 6.42 Å². The lowest BCUT2D eigenvalue weighted by Crippen LogP contribution is -2.32. The Morgan fingerprint density at radius 3 is 1.92 bits per heavy atom. The molecule has 2 rings (SSSR count). The molecule has 0 saturated heterocycles. The highest BCUT2D eigenvalue weighted by Gasteiger charge is 2.11. The van der Waals surface area contributed by atoms with E-state index in [4.69, 9.17) is 21.1 Å². The summed E-state index contributed by atoms with van der Waals surface area (Å²) in [5.41, 5.74) is 6.87. The van der Waals surface area contributed by atoms with Gasteiger partial charge in [-0.1, -0.05) is 42.5 Å². The van der Waals surface area contributed by atoms with Crippen molar-refractivity contribution in [1.82, 2.24) is 0 Å². The number of nitrogens with two attached hydrogens (primary N) is 1. The molecule has 2 aromatic carbocycles. The van der Waals surface area contributed by atoms with Crippen LogP contribution in [-0.2, 0) is 27.2 Å². The number of ketones is 1. The number of benzene rings is 2. The van der Waals surface area contributed by atoms with Crippen LogP contribution in [0.15, 0.2) is 54.6 Å². The molecule has 0 aliphatic carbocycles. The lowest BCUT2D eigenvalue weighted by molar-refractivity contribution is -0.148. The van der Waals surface area contributed by atoms with Gasteiger partial charge in [-0.05, 0) is 29.7 Å². The lowest BCUT2D eigenvalue weighted by atomic mass is 10.1. The maximum absolute atomic E-state index is 10.7. The SMILES string of the molecule is N[C@@H](Cc1ccccc1)C(=O)O.O=C(O)C(=O)Cc1ccc(O)cc1. The maximum atomic E-state index is 10.7. The molecule has 0 aromatic heterocycles. The van der Waals surface area contributed by atoms with Crippen LogP contribution >= 0.6 is 0 Å². The van der Waals surface area contributed by atoms with Crippen molar-refractivity contribution in [1.29, 1.82) is 0 Å². The average molecular weight is 345 g/mol. The van der Waals surface area contributed by atoms with E-state index in [0.29, 0.717) is 12.0 Å². The Balaban J connectivity index is 0.000000251. The van der Waals surface area contributed by atoms with E-state index >= 15 is 0 Å². The van der Waals surface area contributed by atoms with Gasteiger partial charge in [0.15, 0.2) is 0 Å². The summed E-state index contributed by atoms with van der Waals surface area (Å²) in [6.07, 6.45) is 0.242. The monoisotopic (exact) mass is 345 g/mol. The third-order valence-electron chi connectivity index (χ3n) is 3.16. The normalized spacial score (nSPS) is 10.9. The van der Waals surface area contributed by atoms with Gasteiger partial charge in [-0.15, -0.1) is 0 Å². The highest BCUT2D eigenvalue weighted by Crippen LogP contribution is 2.10. The summed E-state index contributed by atoms with van der Waals surface area (Å²) in [6.45, 7) is 0. The van der Waals surface area contributed by atoms with Gasteiger partial charge in [0.1, 0.15) is 11.8 Å². The molecule has 0 spiro atoms. The first-order chi connectivity index (χ1) is 11.8. The van der Waals surface area contributed by atoms with Crippen molar-refractivity contribution >= 4 is 17.7 Å². The molecule has 0 unspecified atom stereocenters. The number of aliphatic carboxylic acids is 2. The van der Waals surface area contributed by atoms with Crippen LogP contribution in [0.25, 0.3) is 0 Å². The molecule has 1 atom stereocenters. The van der Waals surface area contributed by atoms with Crippen LogP contribution in [0.4, 0.5) is 0 Å². The minimum Gasteiger partial charge on any atom is -0.508 e. The van der Waals surface area contributed by atoms with Gasteiger partial charge in [-0.2, -0.15) is 0 Å². The zero-order chi connectivity index (χ0) is 18.8. The summed E-state index contributed by atoms with van der Waals surface area (Å²) < 4.78 is 0. The second-order valence-electron chi connectivity index (χ2n) is 5.21. The number of hydrogen-bond donors (Lipinski definition) is 4. The predicted octanol–water partition coefficient (Wildman–Crippen LogP) is 1.23. The van der Waals surface area contributed by atoms with Crippen molar-refractivity contribution in [2.45, 2.75) is 18.9 Å². The standard InChI is InChI=1S/C9H11NO2.C9H8O4/c10-8(9(11)12)6-7-4-2-1-3-5-7;10-7-3-1-6(2-4-7)5-8(11)9(12)13/h1-5,8H,6,10H2,(H,11,12);1-4,10H,5H2,(H,12,13)/t8-;/m0./s1. The number of rotatable bonds is 6. The number of phenolic OH excluding ortho intramolecular Hbond substituents is 1. The quantitative estimate of drug-likeness (QED) is 0.578. The molecule has 0 saturated carbocycles. The Hall–Kier alpha value is -3.19. The average Bonchev–Trinajstić information content (AvgIpc) is 2.58. The number of carbonyl (C=O) groups is 3. The first-order valence-corrected chi connectivity index (χ1v) is 7.36. The van der Waals surface area contributed by atoms with E-state index in [-0.39, 0.29) is 12.2 Å². The molecule has 7 heteroatoms. The summed E-state index contributed by atoms with van der Waals surface area (Å²) >= 11 is 0. The highest BCUT2D eigenvalue weighted by atomic mass is 16.4. The van der Waals surface area contributed by atoms with Crippen molar-refractivity contribution in [2.75, 3.05) is 0 Å². The highest BCUT2D eigenvalue weighted by molar-refractivity contribution is 6.33. The van der Waals surface area contributed by atoms with E-state index in [9.17, 15) is 14.4 Å². The zero-order valence-electron chi connectivity index (χ0n) is 13.3. The maximum Gasteiger partial charge on any atom is 0.372 e. The number of carboxylic acid groups (broad SMARTS) is 2. The smallest absolute Gasteiger partial charge is 0.372 e. The summed E-state index contributed by atoms with van der Waals surface area (Å²) in [7, 11) is 0. The van der Waals surface area contributed by atoms with Gasteiger partial charge in [0.2, 0.25) is 5.78 Å². The second kappa shape index (κ2) is 9.84. The molecule has 5 N–H and O–H groups in total. The second-order valence-corrected chi connectivity index (χ2v) is 5.21. The first kappa shape index (κ1) is 19.9. The number of phenols is 1. The van der Waals surface area contributed by atoms with Gasteiger partial charge in [0.25, 0.3) is 0 Å². The summed E-state index contributed by atoms with van der Waals surface area (Å²) in [5.74, 6) is -3.16. The number of carbonyl (C=O) groups excluding carboxylic acids is 1. The molecule has 2 aromatic rings. The Morgan fingerprint density at radius 2 is 1.44 bits per heavy atom. The molecular weight excluding hydrogens is 326 g/mol. The predicted molar refractivity (Wildman–Crippen MR) is 90.2 cm³/mol. The van der Waals surface area contributed by atoms with Crippen LogP contribution in [0.3, 0.4) is 0 Å². The molecule has 7 nitrogen and oxygen atoms in total. The van der Waals surface area contributed by atoms with Gasteiger partial charge in [-0.25, -0.2) is 4.79 Å². The molecule has 0 heterocycles. The third-order valence-corrected chi connectivity index (χ3v) is 3.16. The Morgan fingerprint density at radius 1 is 0.880 bits per heavy atom. The molecule has 0 bridgehead atoms. The number of Topliss-reactive ketones (excluding diaryl/α,β-unsaturated/α-hetero) is 1. The number of aromatic hydroxyl groups is 1. The minimum atomic E-state index is -1.44. The Labute approximate surface area is 144 Å². The van der Waals surface area contributed by atoms with Crippen molar-refractivity contribution in [3.8, 4) is 5.75 Å². The summed E-state index contributed by atoms with van der Waals surface area (Å²) in [6, 6.07) is 14.4. The first-order valence-electron chi connectivity index (χ1n) is 7.36. The van der Waals surface area contributed by atoms with Gasteiger partial charge in [-0.3, -0.25) is 9.59 Å². The number of carboxylic acids is 2. The topological polar surface area (TPSA) is 138 Å². The van der Waals surface area contributed by atoms with E-state index in [0.717, 1.165) is 5.56 Å². The summed E-state index contributed by atoms with van der Waals surface area (Å²) in [5, 5.41) is 25.7. The molecule has 0 radical (unpaired) electrons.